The predicted molar refractivity (Wildman–Crippen MR) is 56.0 cm³/mol. The van der Waals surface area contributed by atoms with Crippen molar-refractivity contribution in [3.8, 4) is 0 Å². The Morgan fingerprint density at radius 2 is 2.00 bits per heavy atom. The maximum Gasteiger partial charge on any atom is 0.155 e. The molecule has 0 aromatic heterocycles. The maximum absolute atomic E-state index is 10.9. The summed E-state index contributed by atoms with van der Waals surface area (Å²) in [4.78, 5) is 0. The van der Waals surface area contributed by atoms with E-state index in [-0.39, 0.29) is 5.25 Å². The predicted octanol–water partition coefficient (Wildman–Crippen LogP) is 2.96. The fourth-order valence-electron chi connectivity index (χ4n) is 2.19. The van der Waals surface area contributed by atoms with Crippen LogP contribution in [-0.4, -0.2) is 14.0 Å². The van der Waals surface area contributed by atoms with Crippen molar-refractivity contribution in [1.29, 1.82) is 0 Å². The Labute approximate surface area is 83.4 Å². The minimum absolute atomic E-state index is 0.0168. The van der Waals surface area contributed by atoms with Gasteiger partial charge in [-0.15, -0.1) is 0 Å². The fraction of sp³-hybridized carbons (Fsp3) is 1.00. The zero-order chi connectivity index (χ0) is 9.68. The van der Waals surface area contributed by atoms with Gasteiger partial charge in [-0.2, -0.15) is 0 Å². The molecular weight excluding hydrogens is 184 g/mol. The van der Waals surface area contributed by atoms with Crippen LogP contribution in [0.4, 0.5) is 0 Å². The molecule has 2 unspecified atom stereocenters. The lowest BCUT2D eigenvalue weighted by molar-refractivity contribution is 0.330. The summed E-state index contributed by atoms with van der Waals surface area (Å²) in [5, 5.41) is 0.0168. The van der Waals surface area contributed by atoms with Gasteiger partial charge in [-0.05, 0) is 18.8 Å². The maximum atomic E-state index is 10.9. The average Bonchev–Trinajstić information content (AvgIpc) is 2.15. The highest BCUT2D eigenvalue weighted by molar-refractivity contribution is 7.79. The van der Waals surface area contributed by atoms with Crippen molar-refractivity contribution in [3.63, 3.8) is 0 Å². The van der Waals surface area contributed by atoms with Gasteiger partial charge in [0.1, 0.15) is 0 Å². The molecule has 78 valence electrons. The minimum Gasteiger partial charge on any atom is -0.306 e. The Hall–Kier alpha value is 0.110. The van der Waals surface area contributed by atoms with Crippen LogP contribution in [0.25, 0.3) is 0 Å². The minimum atomic E-state index is -1.61. The van der Waals surface area contributed by atoms with Crippen molar-refractivity contribution in [2.45, 2.75) is 57.1 Å². The van der Waals surface area contributed by atoms with Crippen LogP contribution >= 0.6 is 0 Å². The molecule has 1 rings (SSSR count). The molecule has 0 heterocycles. The van der Waals surface area contributed by atoms with E-state index >= 15 is 0 Å². The molecule has 0 radical (unpaired) electrons. The molecule has 1 aliphatic carbocycles. The molecule has 1 fully saturated rings. The van der Waals surface area contributed by atoms with Gasteiger partial charge in [-0.1, -0.05) is 39.0 Å². The molecule has 0 aromatic carbocycles. The van der Waals surface area contributed by atoms with Gasteiger partial charge in [0.15, 0.2) is 11.1 Å². The molecule has 0 aliphatic heterocycles. The molecule has 1 aliphatic rings. The first-order valence-corrected chi connectivity index (χ1v) is 6.50. The summed E-state index contributed by atoms with van der Waals surface area (Å²) in [6.07, 6.45) is 8.33. The molecule has 13 heavy (non-hydrogen) atoms. The molecule has 0 bridgehead atoms. The van der Waals surface area contributed by atoms with Gasteiger partial charge in [-0.25, -0.2) is 4.21 Å². The van der Waals surface area contributed by atoms with E-state index in [9.17, 15) is 4.21 Å². The summed E-state index contributed by atoms with van der Waals surface area (Å²) in [5.41, 5.74) is 0. The molecule has 0 saturated heterocycles. The highest BCUT2D eigenvalue weighted by Crippen LogP contribution is 2.28. The van der Waals surface area contributed by atoms with Gasteiger partial charge in [0.05, 0.1) is 5.25 Å². The Morgan fingerprint density at radius 1 is 1.38 bits per heavy atom. The van der Waals surface area contributed by atoms with Gasteiger partial charge in [0, 0.05) is 0 Å². The van der Waals surface area contributed by atoms with Gasteiger partial charge in [0.2, 0.25) is 0 Å². The van der Waals surface area contributed by atoms with Crippen molar-refractivity contribution < 1.29 is 8.76 Å². The van der Waals surface area contributed by atoms with E-state index in [1.807, 2.05) is 6.92 Å². The molecule has 0 amide bonds. The van der Waals surface area contributed by atoms with Crippen LogP contribution < -0.4 is 0 Å². The lowest BCUT2D eigenvalue weighted by atomic mass is 9.86. The van der Waals surface area contributed by atoms with Crippen LogP contribution in [0.5, 0.6) is 0 Å². The van der Waals surface area contributed by atoms with Crippen molar-refractivity contribution in [3.05, 3.63) is 0 Å². The monoisotopic (exact) mass is 204 g/mol. The van der Waals surface area contributed by atoms with Crippen LogP contribution in [0.2, 0.25) is 0 Å². The van der Waals surface area contributed by atoms with Crippen LogP contribution in [0.3, 0.4) is 0 Å². The largest absolute Gasteiger partial charge is 0.306 e. The Morgan fingerprint density at radius 3 is 2.46 bits per heavy atom. The number of hydrogen-bond acceptors (Lipinski definition) is 1. The third-order valence-corrected chi connectivity index (χ3v) is 4.16. The second-order valence-corrected chi connectivity index (χ2v) is 5.27. The zero-order valence-corrected chi connectivity index (χ0v) is 9.18. The van der Waals surface area contributed by atoms with Crippen molar-refractivity contribution >= 4 is 11.1 Å². The van der Waals surface area contributed by atoms with E-state index in [1.165, 1.54) is 32.1 Å². The third-order valence-electron chi connectivity index (χ3n) is 3.06. The average molecular weight is 204 g/mol. The fourth-order valence-corrected chi connectivity index (χ4v) is 2.91. The van der Waals surface area contributed by atoms with E-state index in [1.54, 1.807) is 0 Å². The SMILES string of the molecule is CCC(CC1CCCCC1)S(=O)O. The Balaban J connectivity index is 2.31. The molecule has 2 atom stereocenters. The first kappa shape index (κ1) is 11.2. The standard InChI is InChI=1S/C10H20O2S/c1-2-10(13(11)12)8-9-6-4-3-5-7-9/h9-10H,2-8H2,1H3,(H,11,12). The van der Waals surface area contributed by atoms with Gasteiger partial charge in [0.25, 0.3) is 0 Å². The summed E-state index contributed by atoms with van der Waals surface area (Å²) in [7, 11) is 0. The van der Waals surface area contributed by atoms with Gasteiger partial charge in [-0.3, -0.25) is 0 Å². The summed E-state index contributed by atoms with van der Waals surface area (Å²) in [6.45, 7) is 2.00. The van der Waals surface area contributed by atoms with E-state index < -0.39 is 11.1 Å². The summed E-state index contributed by atoms with van der Waals surface area (Å²) < 4.78 is 19.9. The molecule has 1 N–H and O–H groups in total. The summed E-state index contributed by atoms with van der Waals surface area (Å²) in [5.74, 6) is 0.717. The molecule has 0 aromatic rings. The third kappa shape index (κ3) is 3.77. The molecule has 2 nitrogen and oxygen atoms in total. The quantitative estimate of drug-likeness (QED) is 0.715. The lowest BCUT2D eigenvalue weighted by Crippen LogP contribution is -2.19. The van der Waals surface area contributed by atoms with Crippen LogP contribution in [0.1, 0.15) is 51.9 Å². The van der Waals surface area contributed by atoms with Crippen LogP contribution in [-0.2, 0) is 11.1 Å². The lowest BCUT2D eigenvalue weighted by Gasteiger charge is -2.24. The van der Waals surface area contributed by atoms with Crippen LogP contribution in [0, 0.1) is 5.92 Å². The van der Waals surface area contributed by atoms with E-state index in [0.29, 0.717) is 0 Å². The van der Waals surface area contributed by atoms with E-state index in [4.69, 9.17) is 4.55 Å². The summed E-state index contributed by atoms with van der Waals surface area (Å²) >= 11 is -1.61. The van der Waals surface area contributed by atoms with Crippen molar-refractivity contribution in [2.24, 2.45) is 5.92 Å². The second-order valence-electron chi connectivity index (χ2n) is 4.05. The summed E-state index contributed by atoms with van der Waals surface area (Å²) in [6, 6.07) is 0. The highest BCUT2D eigenvalue weighted by Gasteiger charge is 2.20. The van der Waals surface area contributed by atoms with Gasteiger partial charge < -0.3 is 4.55 Å². The Kier molecular flexibility index (Phi) is 4.96. The first-order chi connectivity index (χ1) is 6.24. The molecule has 0 spiro atoms. The van der Waals surface area contributed by atoms with Crippen LogP contribution in [0.15, 0.2) is 0 Å². The topological polar surface area (TPSA) is 37.3 Å². The van der Waals surface area contributed by atoms with E-state index in [0.717, 1.165) is 18.8 Å². The molecular formula is C10H20O2S. The Bertz CT molecular complexity index is 164. The van der Waals surface area contributed by atoms with Crippen molar-refractivity contribution in [2.75, 3.05) is 0 Å². The van der Waals surface area contributed by atoms with Gasteiger partial charge >= 0.3 is 0 Å². The first-order valence-electron chi connectivity index (χ1n) is 5.33. The molecule has 3 heteroatoms. The number of hydrogen-bond donors (Lipinski definition) is 1. The normalized spacial score (nSPS) is 24.2. The zero-order valence-electron chi connectivity index (χ0n) is 8.37. The van der Waals surface area contributed by atoms with E-state index in [2.05, 4.69) is 0 Å². The second kappa shape index (κ2) is 5.76. The molecule has 1 saturated carbocycles. The number of rotatable bonds is 4. The smallest absolute Gasteiger partial charge is 0.155 e. The van der Waals surface area contributed by atoms with Crippen molar-refractivity contribution in [1.82, 2.24) is 0 Å². The highest BCUT2D eigenvalue weighted by atomic mass is 32.2.